The first kappa shape index (κ1) is 14.0. The molecule has 0 aliphatic heterocycles. The molecule has 0 aliphatic carbocycles. The number of halogens is 2. The maximum atomic E-state index is 13.7. The molecule has 0 aliphatic rings. The van der Waals surface area contributed by atoms with Gasteiger partial charge in [-0.05, 0) is 31.2 Å². The SMILES string of the molecule is CCCNCc1ccnn1Cc1ccc(Cl)cc1F. The van der Waals surface area contributed by atoms with Gasteiger partial charge in [0.25, 0.3) is 0 Å². The van der Waals surface area contributed by atoms with E-state index in [4.69, 9.17) is 11.6 Å². The number of aromatic nitrogens is 2. The molecule has 0 unspecified atom stereocenters. The third kappa shape index (κ3) is 3.78. The second-order valence-corrected chi connectivity index (χ2v) is 4.83. The van der Waals surface area contributed by atoms with Gasteiger partial charge in [0.2, 0.25) is 0 Å². The monoisotopic (exact) mass is 281 g/mol. The van der Waals surface area contributed by atoms with E-state index in [1.807, 2.05) is 6.07 Å². The van der Waals surface area contributed by atoms with Crippen LogP contribution in [0, 0.1) is 5.82 Å². The molecule has 0 bridgehead atoms. The van der Waals surface area contributed by atoms with E-state index in [1.165, 1.54) is 6.07 Å². The Labute approximate surface area is 117 Å². The Bertz CT molecular complexity index is 539. The molecule has 0 spiro atoms. The molecule has 0 atom stereocenters. The predicted molar refractivity (Wildman–Crippen MR) is 74.7 cm³/mol. The Morgan fingerprint density at radius 3 is 2.95 bits per heavy atom. The van der Waals surface area contributed by atoms with E-state index in [0.717, 1.165) is 25.2 Å². The van der Waals surface area contributed by atoms with Crippen LogP contribution in [0.1, 0.15) is 24.6 Å². The van der Waals surface area contributed by atoms with Gasteiger partial charge >= 0.3 is 0 Å². The van der Waals surface area contributed by atoms with E-state index in [9.17, 15) is 4.39 Å². The van der Waals surface area contributed by atoms with Crippen LogP contribution in [0.4, 0.5) is 4.39 Å². The summed E-state index contributed by atoms with van der Waals surface area (Å²) in [4.78, 5) is 0. The van der Waals surface area contributed by atoms with Gasteiger partial charge in [-0.3, -0.25) is 4.68 Å². The maximum Gasteiger partial charge on any atom is 0.129 e. The fourth-order valence-electron chi connectivity index (χ4n) is 1.86. The third-order valence-electron chi connectivity index (χ3n) is 2.87. The summed E-state index contributed by atoms with van der Waals surface area (Å²) in [6.07, 6.45) is 2.82. The van der Waals surface area contributed by atoms with Gasteiger partial charge in [-0.1, -0.05) is 24.6 Å². The molecular weight excluding hydrogens is 265 g/mol. The Kier molecular flexibility index (Phi) is 4.93. The molecule has 2 rings (SSSR count). The average Bonchev–Trinajstić information content (AvgIpc) is 2.81. The van der Waals surface area contributed by atoms with Crippen LogP contribution in [0.25, 0.3) is 0 Å². The van der Waals surface area contributed by atoms with Crippen molar-refractivity contribution in [1.29, 1.82) is 0 Å². The molecule has 0 saturated carbocycles. The minimum Gasteiger partial charge on any atom is -0.311 e. The zero-order valence-electron chi connectivity index (χ0n) is 10.9. The summed E-state index contributed by atoms with van der Waals surface area (Å²) in [6, 6.07) is 6.66. The number of hydrogen-bond acceptors (Lipinski definition) is 2. The van der Waals surface area contributed by atoms with Crippen molar-refractivity contribution < 1.29 is 4.39 Å². The van der Waals surface area contributed by atoms with Crippen LogP contribution in [0.5, 0.6) is 0 Å². The highest BCUT2D eigenvalue weighted by molar-refractivity contribution is 6.30. The first-order valence-electron chi connectivity index (χ1n) is 6.36. The highest BCUT2D eigenvalue weighted by atomic mass is 35.5. The Hall–Kier alpha value is -1.39. The number of rotatable bonds is 6. The van der Waals surface area contributed by atoms with Crippen molar-refractivity contribution in [3.63, 3.8) is 0 Å². The van der Waals surface area contributed by atoms with Crippen molar-refractivity contribution in [2.24, 2.45) is 0 Å². The molecule has 19 heavy (non-hydrogen) atoms. The molecule has 0 radical (unpaired) electrons. The third-order valence-corrected chi connectivity index (χ3v) is 3.11. The van der Waals surface area contributed by atoms with Crippen LogP contribution >= 0.6 is 11.6 Å². The number of nitrogens with one attached hydrogen (secondary N) is 1. The van der Waals surface area contributed by atoms with Gasteiger partial charge in [0.05, 0.1) is 12.2 Å². The van der Waals surface area contributed by atoms with E-state index in [-0.39, 0.29) is 5.82 Å². The first-order chi connectivity index (χ1) is 9.20. The molecule has 1 N–H and O–H groups in total. The molecule has 1 aromatic heterocycles. The zero-order valence-corrected chi connectivity index (χ0v) is 11.6. The Morgan fingerprint density at radius 1 is 1.37 bits per heavy atom. The van der Waals surface area contributed by atoms with E-state index in [0.29, 0.717) is 17.1 Å². The van der Waals surface area contributed by atoms with Gasteiger partial charge in [0.15, 0.2) is 0 Å². The standard InChI is InChI=1S/C14H17ClFN3/c1-2-6-17-9-13-5-7-18-19(13)10-11-3-4-12(15)8-14(11)16/h3-5,7-8,17H,2,6,9-10H2,1H3. The Balaban J connectivity index is 2.08. The number of hydrogen-bond donors (Lipinski definition) is 1. The summed E-state index contributed by atoms with van der Waals surface area (Å²) in [5, 5.41) is 7.95. The van der Waals surface area contributed by atoms with E-state index >= 15 is 0 Å². The second kappa shape index (κ2) is 6.68. The molecular formula is C14H17ClFN3. The largest absolute Gasteiger partial charge is 0.311 e. The summed E-state index contributed by atoms with van der Waals surface area (Å²) in [5.74, 6) is -0.296. The highest BCUT2D eigenvalue weighted by Gasteiger charge is 2.07. The van der Waals surface area contributed by atoms with E-state index in [1.54, 1.807) is 23.0 Å². The fraction of sp³-hybridized carbons (Fsp3) is 0.357. The van der Waals surface area contributed by atoms with E-state index in [2.05, 4.69) is 17.3 Å². The van der Waals surface area contributed by atoms with E-state index < -0.39 is 0 Å². The topological polar surface area (TPSA) is 29.9 Å². The van der Waals surface area contributed by atoms with Gasteiger partial charge in [-0.25, -0.2) is 4.39 Å². The van der Waals surface area contributed by atoms with Crippen LogP contribution in [0.2, 0.25) is 5.02 Å². The minimum absolute atomic E-state index is 0.296. The van der Waals surface area contributed by atoms with Crippen molar-refractivity contribution in [2.45, 2.75) is 26.4 Å². The van der Waals surface area contributed by atoms with Crippen LogP contribution in [-0.4, -0.2) is 16.3 Å². The molecule has 1 aromatic carbocycles. The van der Waals surface area contributed by atoms with Gasteiger partial charge in [0, 0.05) is 23.3 Å². The van der Waals surface area contributed by atoms with Crippen molar-refractivity contribution >= 4 is 11.6 Å². The molecule has 0 amide bonds. The number of benzene rings is 1. The lowest BCUT2D eigenvalue weighted by molar-refractivity contribution is 0.560. The van der Waals surface area contributed by atoms with Crippen molar-refractivity contribution in [1.82, 2.24) is 15.1 Å². The molecule has 0 fully saturated rings. The van der Waals surface area contributed by atoms with Crippen LogP contribution in [0.15, 0.2) is 30.5 Å². The van der Waals surface area contributed by atoms with Crippen LogP contribution in [0.3, 0.4) is 0 Å². The van der Waals surface area contributed by atoms with Gasteiger partial charge in [-0.2, -0.15) is 5.10 Å². The lowest BCUT2D eigenvalue weighted by Crippen LogP contribution is -2.18. The zero-order chi connectivity index (χ0) is 13.7. The first-order valence-corrected chi connectivity index (χ1v) is 6.74. The predicted octanol–water partition coefficient (Wildman–Crippen LogP) is 3.22. The van der Waals surface area contributed by atoms with Crippen molar-refractivity contribution in [2.75, 3.05) is 6.54 Å². The van der Waals surface area contributed by atoms with Crippen LogP contribution in [-0.2, 0) is 13.1 Å². The second-order valence-electron chi connectivity index (χ2n) is 4.39. The highest BCUT2D eigenvalue weighted by Crippen LogP contribution is 2.16. The normalized spacial score (nSPS) is 10.9. The summed E-state index contributed by atoms with van der Waals surface area (Å²) < 4.78 is 15.5. The average molecular weight is 282 g/mol. The molecule has 102 valence electrons. The fourth-order valence-corrected chi connectivity index (χ4v) is 2.02. The molecule has 5 heteroatoms. The quantitative estimate of drug-likeness (QED) is 0.824. The van der Waals surface area contributed by atoms with Crippen LogP contribution < -0.4 is 5.32 Å². The summed E-state index contributed by atoms with van der Waals surface area (Å²) in [5.41, 5.74) is 1.63. The summed E-state index contributed by atoms with van der Waals surface area (Å²) in [6.45, 7) is 4.23. The van der Waals surface area contributed by atoms with Crippen molar-refractivity contribution in [3.8, 4) is 0 Å². The lowest BCUT2D eigenvalue weighted by Gasteiger charge is -2.09. The molecule has 1 heterocycles. The molecule has 2 aromatic rings. The Morgan fingerprint density at radius 2 is 2.21 bits per heavy atom. The summed E-state index contributed by atoms with van der Waals surface area (Å²) in [7, 11) is 0. The van der Waals surface area contributed by atoms with Gasteiger partial charge < -0.3 is 5.32 Å². The maximum absolute atomic E-state index is 13.7. The van der Waals surface area contributed by atoms with Gasteiger partial charge in [0.1, 0.15) is 5.82 Å². The molecule has 0 saturated heterocycles. The number of nitrogens with zero attached hydrogens (tertiary/aromatic N) is 2. The minimum atomic E-state index is -0.296. The van der Waals surface area contributed by atoms with Crippen molar-refractivity contribution in [3.05, 3.63) is 52.6 Å². The lowest BCUT2D eigenvalue weighted by atomic mass is 10.2. The van der Waals surface area contributed by atoms with Gasteiger partial charge in [-0.15, -0.1) is 0 Å². The summed E-state index contributed by atoms with van der Waals surface area (Å²) >= 11 is 5.74. The molecule has 3 nitrogen and oxygen atoms in total. The smallest absolute Gasteiger partial charge is 0.129 e.